The summed E-state index contributed by atoms with van der Waals surface area (Å²) < 4.78 is 10.6. The second-order valence-corrected chi connectivity index (χ2v) is 4.08. The molecule has 0 aliphatic heterocycles. The van der Waals surface area contributed by atoms with E-state index in [-0.39, 0.29) is 0 Å². The van der Waals surface area contributed by atoms with Crippen LogP contribution in [0.25, 0.3) is 0 Å². The molecule has 5 heteroatoms. The summed E-state index contributed by atoms with van der Waals surface area (Å²) in [6.07, 6.45) is 0.461. The number of ether oxygens (including phenoxy) is 2. The number of nitrogens with two attached hydrogens (primary N) is 1. The summed E-state index contributed by atoms with van der Waals surface area (Å²) in [5, 5.41) is 8.72. The number of anilines is 2. The Labute approximate surface area is 114 Å². The zero-order valence-electron chi connectivity index (χ0n) is 11.6. The van der Waals surface area contributed by atoms with Gasteiger partial charge in [-0.05, 0) is 13.0 Å². The molecule has 0 radical (unpaired) electrons. The molecule has 0 heterocycles. The fourth-order valence-corrected chi connectivity index (χ4v) is 1.79. The van der Waals surface area contributed by atoms with E-state index < -0.39 is 0 Å². The molecule has 0 aliphatic carbocycles. The van der Waals surface area contributed by atoms with Crippen LogP contribution in [0.2, 0.25) is 0 Å². The average Bonchev–Trinajstić information content (AvgIpc) is 2.38. The Bertz CT molecular complexity index is 429. The molecule has 0 unspecified atom stereocenters. The molecule has 5 nitrogen and oxygen atoms in total. The second kappa shape index (κ2) is 8.22. The van der Waals surface area contributed by atoms with Gasteiger partial charge < -0.3 is 20.1 Å². The van der Waals surface area contributed by atoms with Crippen LogP contribution in [0, 0.1) is 11.3 Å². The molecular weight excluding hydrogens is 242 g/mol. The normalized spacial score (nSPS) is 9.95. The molecule has 19 heavy (non-hydrogen) atoms. The van der Waals surface area contributed by atoms with E-state index in [1.165, 1.54) is 0 Å². The number of rotatable bonds is 8. The van der Waals surface area contributed by atoms with Crippen LogP contribution in [0.4, 0.5) is 11.4 Å². The molecule has 0 aromatic heterocycles. The third kappa shape index (κ3) is 5.06. The summed E-state index contributed by atoms with van der Waals surface area (Å²) in [6, 6.07) is 7.77. The Hall–Kier alpha value is -1.93. The van der Waals surface area contributed by atoms with E-state index in [0.717, 1.165) is 11.4 Å². The molecule has 2 N–H and O–H groups in total. The van der Waals surface area contributed by atoms with Crippen LogP contribution in [0.5, 0.6) is 5.75 Å². The van der Waals surface area contributed by atoms with Crippen molar-refractivity contribution in [2.24, 2.45) is 0 Å². The highest BCUT2D eigenvalue weighted by atomic mass is 16.5. The molecule has 0 fully saturated rings. The predicted molar refractivity (Wildman–Crippen MR) is 76.3 cm³/mol. The van der Waals surface area contributed by atoms with Gasteiger partial charge in [0, 0.05) is 43.7 Å². The number of nitriles is 1. The van der Waals surface area contributed by atoms with E-state index in [2.05, 4.69) is 11.0 Å². The first-order chi connectivity index (χ1) is 9.21. The molecule has 0 amide bonds. The summed E-state index contributed by atoms with van der Waals surface area (Å²) in [5.74, 6) is 0.747. The Kier molecular flexibility index (Phi) is 6.55. The summed E-state index contributed by atoms with van der Waals surface area (Å²) in [7, 11) is 1.66. The molecule has 1 aromatic carbocycles. The van der Waals surface area contributed by atoms with Gasteiger partial charge in [0.25, 0.3) is 0 Å². The molecular formula is C14H21N3O2. The van der Waals surface area contributed by atoms with Gasteiger partial charge in [-0.3, -0.25) is 0 Å². The minimum atomic E-state index is 0.461. The lowest BCUT2D eigenvalue weighted by molar-refractivity contribution is 0.205. The largest absolute Gasteiger partial charge is 0.494 e. The van der Waals surface area contributed by atoms with Crippen molar-refractivity contribution in [3.63, 3.8) is 0 Å². The fourth-order valence-electron chi connectivity index (χ4n) is 1.79. The van der Waals surface area contributed by atoms with E-state index in [9.17, 15) is 0 Å². The first kappa shape index (κ1) is 15.1. The highest BCUT2D eigenvalue weighted by Gasteiger charge is 2.08. The van der Waals surface area contributed by atoms with Gasteiger partial charge in [-0.2, -0.15) is 5.26 Å². The fraction of sp³-hybridized carbons (Fsp3) is 0.500. The molecule has 0 saturated heterocycles. The number of nitrogen functional groups attached to an aromatic ring is 1. The summed E-state index contributed by atoms with van der Waals surface area (Å²) in [6.45, 7) is 4.49. The van der Waals surface area contributed by atoms with Gasteiger partial charge in [-0.1, -0.05) is 0 Å². The van der Waals surface area contributed by atoms with E-state index in [1.54, 1.807) is 13.2 Å². The molecule has 0 spiro atoms. The average molecular weight is 263 g/mol. The number of hydrogen-bond donors (Lipinski definition) is 1. The zero-order chi connectivity index (χ0) is 14.1. The van der Waals surface area contributed by atoms with Crippen LogP contribution in [0.1, 0.15) is 13.3 Å². The third-order valence-corrected chi connectivity index (χ3v) is 2.65. The van der Waals surface area contributed by atoms with E-state index in [4.69, 9.17) is 20.5 Å². The molecule has 0 aliphatic rings. The number of hydrogen-bond acceptors (Lipinski definition) is 5. The van der Waals surface area contributed by atoms with Crippen LogP contribution in [0.3, 0.4) is 0 Å². The van der Waals surface area contributed by atoms with E-state index in [1.807, 2.05) is 19.1 Å². The Morgan fingerprint density at radius 2 is 2.11 bits per heavy atom. The zero-order valence-corrected chi connectivity index (χ0v) is 11.6. The van der Waals surface area contributed by atoms with Crippen molar-refractivity contribution in [3.8, 4) is 11.8 Å². The van der Waals surface area contributed by atoms with Gasteiger partial charge in [-0.25, -0.2) is 0 Å². The quantitative estimate of drug-likeness (QED) is 0.727. The highest BCUT2D eigenvalue weighted by Crippen LogP contribution is 2.25. The lowest BCUT2D eigenvalue weighted by Crippen LogP contribution is -2.28. The minimum Gasteiger partial charge on any atom is -0.494 e. The van der Waals surface area contributed by atoms with Gasteiger partial charge >= 0.3 is 0 Å². The Morgan fingerprint density at radius 1 is 1.32 bits per heavy atom. The smallest absolute Gasteiger partial charge is 0.123 e. The third-order valence-electron chi connectivity index (χ3n) is 2.65. The minimum absolute atomic E-state index is 0.461. The van der Waals surface area contributed by atoms with Crippen molar-refractivity contribution in [2.75, 3.05) is 44.0 Å². The van der Waals surface area contributed by atoms with Crippen molar-refractivity contribution < 1.29 is 9.47 Å². The molecule has 0 atom stereocenters. The topological polar surface area (TPSA) is 71.5 Å². The predicted octanol–water partition coefficient (Wildman–Crippen LogP) is 2.03. The maximum Gasteiger partial charge on any atom is 0.123 e. The van der Waals surface area contributed by atoms with Crippen LogP contribution >= 0.6 is 0 Å². The van der Waals surface area contributed by atoms with Crippen molar-refractivity contribution in [1.82, 2.24) is 0 Å². The maximum absolute atomic E-state index is 8.72. The van der Waals surface area contributed by atoms with Gasteiger partial charge in [-0.15, -0.1) is 0 Å². The lowest BCUT2D eigenvalue weighted by Gasteiger charge is -2.24. The molecule has 104 valence electrons. The molecule has 0 saturated carbocycles. The van der Waals surface area contributed by atoms with Gasteiger partial charge in [0.1, 0.15) is 5.75 Å². The van der Waals surface area contributed by atoms with Gasteiger partial charge in [0.15, 0.2) is 0 Å². The molecule has 1 rings (SSSR count). The van der Waals surface area contributed by atoms with Crippen LogP contribution in [0.15, 0.2) is 18.2 Å². The van der Waals surface area contributed by atoms with Gasteiger partial charge in [0.05, 0.1) is 25.7 Å². The Balaban J connectivity index is 2.89. The highest BCUT2D eigenvalue weighted by molar-refractivity contribution is 5.60. The first-order valence-electron chi connectivity index (χ1n) is 6.35. The number of nitrogens with zero attached hydrogens (tertiary/aromatic N) is 2. The second-order valence-electron chi connectivity index (χ2n) is 4.08. The number of methoxy groups -OCH3 is 1. The standard InChI is InChI=1S/C14H21N3O2/c1-3-19-14-10-12(16)9-13(11-14)17(6-4-5-15)7-8-18-2/h9-11H,3-4,6-8,16H2,1-2H3. The molecule has 0 bridgehead atoms. The van der Waals surface area contributed by atoms with Crippen molar-refractivity contribution >= 4 is 11.4 Å². The van der Waals surface area contributed by atoms with Gasteiger partial charge in [0.2, 0.25) is 0 Å². The van der Waals surface area contributed by atoms with E-state index in [0.29, 0.717) is 38.4 Å². The number of benzene rings is 1. The Morgan fingerprint density at radius 3 is 2.74 bits per heavy atom. The first-order valence-corrected chi connectivity index (χ1v) is 6.35. The summed E-state index contributed by atoms with van der Waals surface area (Å²) in [5.41, 5.74) is 7.49. The van der Waals surface area contributed by atoms with E-state index >= 15 is 0 Å². The lowest BCUT2D eigenvalue weighted by atomic mass is 10.2. The van der Waals surface area contributed by atoms with Crippen LogP contribution in [-0.4, -0.2) is 33.4 Å². The summed E-state index contributed by atoms with van der Waals surface area (Å²) >= 11 is 0. The SMILES string of the molecule is CCOc1cc(N)cc(N(CCC#N)CCOC)c1. The summed E-state index contributed by atoms with van der Waals surface area (Å²) in [4.78, 5) is 2.08. The van der Waals surface area contributed by atoms with Crippen LogP contribution < -0.4 is 15.4 Å². The van der Waals surface area contributed by atoms with Crippen molar-refractivity contribution in [2.45, 2.75) is 13.3 Å². The van der Waals surface area contributed by atoms with Crippen LogP contribution in [-0.2, 0) is 4.74 Å². The monoisotopic (exact) mass is 263 g/mol. The van der Waals surface area contributed by atoms with Crippen molar-refractivity contribution in [1.29, 1.82) is 5.26 Å². The molecule has 1 aromatic rings. The maximum atomic E-state index is 8.72. The van der Waals surface area contributed by atoms with Crippen molar-refractivity contribution in [3.05, 3.63) is 18.2 Å².